The molecule has 0 fully saturated rings. The molecule has 0 aliphatic heterocycles. The monoisotopic (exact) mass is 489 g/mol. The molecule has 0 saturated heterocycles. The standard InChI is InChI=1S/C22H22F3N7O3/c1-3-7-32-17-18(28-21(29-20(17)35)30(2)12-16(33)34)27-19(32)14-9-26-31(11-14)10-13-5-4-6-15(8-13)22(23,24)25/h4-6,8-9,11H,3,7,10,12H2,1-2H3,(H,33,34)(H,28,29,35). The lowest BCUT2D eigenvalue weighted by molar-refractivity contribution is -0.138. The maximum Gasteiger partial charge on any atom is 0.416 e. The number of halogens is 3. The number of rotatable bonds is 8. The number of benzene rings is 1. The van der Waals surface area contributed by atoms with Gasteiger partial charge in [-0.2, -0.15) is 23.3 Å². The maximum absolute atomic E-state index is 13.0. The molecule has 0 unspecified atom stereocenters. The molecule has 0 aliphatic carbocycles. The Morgan fingerprint density at radius 3 is 2.71 bits per heavy atom. The number of carboxylic acids is 1. The van der Waals surface area contributed by atoms with Crippen LogP contribution in [0.5, 0.6) is 0 Å². The second kappa shape index (κ2) is 9.24. The highest BCUT2D eigenvalue weighted by molar-refractivity contribution is 5.78. The van der Waals surface area contributed by atoms with Crippen molar-refractivity contribution in [3.63, 3.8) is 0 Å². The Morgan fingerprint density at radius 1 is 1.26 bits per heavy atom. The molecular weight excluding hydrogens is 467 g/mol. The molecule has 0 bridgehead atoms. The van der Waals surface area contributed by atoms with Gasteiger partial charge in [0.05, 0.1) is 23.9 Å². The molecule has 4 aromatic rings. The van der Waals surface area contributed by atoms with Crippen molar-refractivity contribution in [1.82, 2.24) is 29.3 Å². The van der Waals surface area contributed by atoms with Crippen LogP contribution in [0.2, 0.25) is 0 Å². The molecule has 0 atom stereocenters. The third kappa shape index (κ3) is 5.03. The second-order valence-corrected chi connectivity index (χ2v) is 8.02. The van der Waals surface area contributed by atoms with Gasteiger partial charge < -0.3 is 14.6 Å². The number of nitrogens with zero attached hydrogens (tertiary/aromatic N) is 6. The molecule has 2 N–H and O–H groups in total. The summed E-state index contributed by atoms with van der Waals surface area (Å²) in [5.41, 5.74) is 0.172. The molecule has 10 nitrogen and oxygen atoms in total. The van der Waals surface area contributed by atoms with Gasteiger partial charge in [-0.3, -0.25) is 19.3 Å². The predicted molar refractivity (Wildman–Crippen MR) is 121 cm³/mol. The molecule has 0 amide bonds. The first kappa shape index (κ1) is 24.0. The zero-order chi connectivity index (χ0) is 25.3. The molecule has 13 heteroatoms. The van der Waals surface area contributed by atoms with Crippen molar-refractivity contribution >= 4 is 23.1 Å². The molecular formula is C22H22F3N7O3. The zero-order valence-corrected chi connectivity index (χ0v) is 18.9. The number of carbonyl (C=O) groups is 1. The SMILES string of the molecule is CCCn1c(-c2cnn(Cc3cccc(C(F)(F)F)c3)c2)nc2nc(N(C)CC(=O)O)[nH]c(=O)c21. The van der Waals surface area contributed by atoms with Crippen LogP contribution in [-0.2, 0) is 24.1 Å². The Labute approximate surface area is 196 Å². The fourth-order valence-corrected chi connectivity index (χ4v) is 3.75. The van der Waals surface area contributed by atoms with Crippen LogP contribution in [0.3, 0.4) is 0 Å². The van der Waals surface area contributed by atoms with Gasteiger partial charge in [-0.15, -0.1) is 0 Å². The highest BCUT2D eigenvalue weighted by atomic mass is 19.4. The third-order valence-electron chi connectivity index (χ3n) is 5.27. The largest absolute Gasteiger partial charge is 0.480 e. The minimum atomic E-state index is -4.44. The molecule has 4 rings (SSSR count). The summed E-state index contributed by atoms with van der Waals surface area (Å²) in [6.45, 7) is 2.14. The number of aryl methyl sites for hydroxylation is 1. The Balaban J connectivity index is 1.71. The van der Waals surface area contributed by atoms with Crippen LogP contribution >= 0.6 is 0 Å². The quantitative estimate of drug-likeness (QED) is 0.390. The van der Waals surface area contributed by atoms with Crippen molar-refractivity contribution in [3.05, 3.63) is 58.1 Å². The fraction of sp³-hybridized carbons (Fsp3) is 0.318. The summed E-state index contributed by atoms with van der Waals surface area (Å²) in [5.74, 6) is -0.591. The molecule has 0 aliphatic rings. The van der Waals surface area contributed by atoms with Gasteiger partial charge in [0, 0.05) is 19.8 Å². The van der Waals surface area contributed by atoms with Crippen molar-refractivity contribution < 1.29 is 23.1 Å². The smallest absolute Gasteiger partial charge is 0.416 e. The molecule has 0 saturated carbocycles. The molecule has 1 aromatic carbocycles. The zero-order valence-electron chi connectivity index (χ0n) is 18.9. The van der Waals surface area contributed by atoms with Crippen LogP contribution in [0.1, 0.15) is 24.5 Å². The lowest BCUT2D eigenvalue weighted by Crippen LogP contribution is -2.29. The lowest BCUT2D eigenvalue weighted by atomic mass is 10.1. The highest BCUT2D eigenvalue weighted by Crippen LogP contribution is 2.30. The van der Waals surface area contributed by atoms with Gasteiger partial charge >= 0.3 is 12.1 Å². The molecule has 184 valence electrons. The van der Waals surface area contributed by atoms with E-state index in [0.717, 1.165) is 12.1 Å². The first-order valence-electron chi connectivity index (χ1n) is 10.7. The van der Waals surface area contributed by atoms with Gasteiger partial charge in [0.1, 0.15) is 12.4 Å². The number of hydrogen-bond acceptors (Lipinski definition) is 6. The van der Waals surface area contributed by atoms with Gasteiger partial charge in [-0.05, 0) is 24.1 Å². The van der Waals surface area contributed by atoms with Gasteiger partial charge in [0.25, 0.3) is 5.56 Å². The van der Waals surface area contributed by atoms with Crippen LogP contribution in [-0.4, -0.2) is 54.0 Å². The number of hydrogen-bond donors (Lipinski definition) is 2. The Morgan fingerprint density at radius 2 is 2.03 bits per heavy atom. The summed E-state index contributed by atoms with van der Waals surface area (Å²) in [6.07, 6.45) is -0.587. The minimum Gasteiger partial charge on any atom is -0.480 e. The molecule has 0 radical (unpaired) electrons. The normalized spacial score (nSPS) is 11.8. The number of alkyl halides is 3. The maximum atomic E-state index is 13.0. The number of imidazole rings is 1. The lowest BCUT2D eigenvalue weighted by Gasteiger charge is -2.14. The second-order valence-electron chi connectivity index (χ2n) is 8.02. The fourth-order valence-electron chi connectivity index (χ4n) is 3.75. The summed E-state index contributed by atoms with van der Waals surface area (Å²) in [5, 5.41) is 13.3. The summed E-state index contributed by atoms with van der Waals surface area (Å²) in [4.78, 5) is 36.6. The molecule has 3 aromatic heterocycles. The van der Waals surface area contributed by atoms with E-state index in [1.807, 2.05) is 6.92 Å². The van der Waals surface area contributed by atoms with E-state index >= 15 is 0 Å². The summed E-state index contributed by atoms with van der Waals surface area (Å²) >= 11 is 0. The van der Waals surface area contributed by atoms with Crippen LogP contribution < -0.4 is 10.5 Å². The van der Waals surface area contributed by atoms with Gasteiger partial charge in [-0.25, -0.2) is 4.98 Å². The van der Waals surface area contributed by atoms with Crippen molar-refractivity contribution in [2.45, 2.75) is 32.6 Å². The first-order valence-corrected chi connectivity index (χ1v) is 10.7. The van der Waals surface area contributed by atoms with Gasteiger partial charge in [-0.1, -0.05) is 19.1 Å². The first-order chi connectivity index (χ1) is 16.6. The van der Waals surface area contributed by atoms with Crippen LogP contribution in [0, 0.1) is 0 Å². The van der Waals surface area contributed by atoms with E-state index in [9.17, 15) is 22.8 Å². The number of aromatic amines is 1. The van der Waals surface area contributed by atoms with Crippen LogP contribution in [0.25, 0.3) is 22.6 Å². The Hall–Kier alpha value is -4.16. The van der Waals surface area contributed by atoms with E-state index in [-0.39, 0.29) is 30.2 Å². The summed E-state index contributed by atoms with van der Waals surface area (Å²) in [7, 11) is 1.49. The number of H-pyrrole nitrogens is 1. The summed E-state index contributed by atoms with van der Waals surface area (Å²) in [6, 6.07) is 5.02. The number of nitrogens with one attached hydrogen (secondary N) is 1. The Kier molecular flexibility index (Phi) is 6.33. The van der Waals surface area contributed by atoms with Gasteiger partial charge in [0.2, 0.25) is 5.95 Å². The number of likely N-dealkylation sites (N-methyl/N-ethyl adjacent to an activating group) is 1. The molecule has 35 heavy (non-hydrogen) atoms. The van der Waals surface area contributed by atoms with Crippen LogP contribution in [0.15, 0.2) is 41.5 Å². The van der Waals surface area contributed by atoms with E-state index < -0.39 is 23.3 Å². The number of aliphatic carboxylic acids is 1. The highest BCUT2D eigenvalue weighted by Gasteiger charge is 2.30. The number of carboxylic acid groups (broad SMARTS) is 1. The van der Waals surface area contributed by atoms with Crippen molar-refractivity contribution in [1.29, 1.82) is 0 Å². The number of anilines is 1. The molecule has 0 spiro atoms. The average Bonchev–Trinajstić information content (AvgIpc) is 3.38. The summed E-state index contributed by atoms with van der Waals surface area (Å²) < 4.78 is 42.3. The third-order valence-corrected chi connectivity index (χ3v) is 5.27. The van der Waals surface area contributed by atoms with Crippen molar-refractivity contribution in [3.8, 4) is 11.4 Å². The minimum absolute atomic E-state index is 0.0674. The predicted octanol–water partition coefficient (Wildman–Crippen LogP) is 2.98. The van der Waals surface area contributed by atoms with E-state index in [4.69, 9.17) is 5.11 Å². The van der Waals surface area contributed by atoms with E-state index in [0.29, 0.717) is 29.9 Å². The van der Waals surface area contributed by atoms with E-state index in [1.54, 1.807) is 16.8 Å². The topological polar surface area (TPSA) is 122 Å². The Bertz CT molecular complexity index is 1440. The van der Waals surface area contributed by atoms with Crippen molar-refractivity contribution in [2.75, 3.05) is 18.5 Å². The average molecular weight is 489 g/mol. The number of aromatic nitrogens is 6. The van der Waals surface area contributed by atoms with E-state index in [1.165, 1.54) is 28.9 Å². The van der Waals surface area contributed by atoms with Crippen LogP contribution in [0.4, 0.5) is 19.1 Å². The van der Waals surface area contributed by atoms with Gasteiger partial charge in [0.15, 0.2) is 11.2 Å². The molecule has 3 heterocycles. The van der Waals surface area contributed by atoms with E-state index in [2.05, 4.69) is 20.1 Å². The number of fused-ring (bicyclic) bond motifs is 1. The van der Waals surface area contributed by atoms with Crippen molar-refractivity contribution in [2.24, 2.45) is 0 Å².